The maximum absolute atomic E-state index is 5.95. The lowest BCUT2D eigenvalue weighted by molar-refractivity contribution is 0.274. The molecule has 3 heteroatoms. The van der Waals surface area contributed by atoms with Crippen LogP contribution >= 0.6 is 19.1 Å². The molecule has 1 heterocycles. The van der Waals surface area contributed by atoms with Gasteiger partial charge in [0.15, 0.2) is 0 Å². The maximum Gasteiger partial charge on any atom is 0.0406 e. The summed E-state index contributed by atoms with van der Waals surface area (Å²) in [5.41, 5.74) is 2.80. The van der Waals surface area contributed by atoms with Crippen molar-refractivity contribution in [1.29, 1.82) is 0 Å². The zero-order valence-electron chi connectivity index (χ0n) is 12.8. The Kier molecular flexibility index (Phi) is 5.32. The first-order valence-corrected chi connectivity index (χ1v) is 9.26. The van der Waals surface area contributed by atoms with Crippen LogP contribution in [-0.2, 0) is 19.8 Å². The van der Waals surface area contributed by atoms with Crippen LogP contribution in [-0.4, -0.2) is 11.4 Å². The van der Waals surface area contributed by atoms with Crippen molar-refractivity contribution in [3.63, 3.8) is 0 Å². The van der Waals surface area contributed by atoms with Gasteiger partial charge < -0.3 is 0 Å². The molecule has 0 aliphatic rings. The highest BCUT2D eigenvalue weighted by Crippen LogP contribution is 2.39. The summed E-state index contributed by atoms with van der Waals surface area (Å²) in [6, 6.07) is 10.6. The first-order valence-electron chi connectivity index (χ1n) is 7.10. The summed E-state index contributed by atoms with van der Waals surface area (Å²) in [6.45, 7) is 12.3. The van der Waals surface area contributed by atoms with E-state index in [1.165, 1.54) is 11.1 Å². The molecule has 0 spiro atoms. The van der Waals surface area contributed by atoms with Gasteiger partial charge in [-0.3, -0.25) is 4.90 Å². The molecule has 1 aromatic heterocycles. The van der Waals surface area contributed by atoms with Crippen molar-refractivity contribution in [2.45, 2.75) is 33.9 Å². The van der Waals surface area contributed by atoms with Gasteiger partial charge in [0.25, 0.3) is 0 Å². The molecule has 1 unspecified atom stereocenters. The summed E-state index contributed by atoms with van der Waals surface area (Å²) in [5.74, 6) is 0. The number of benzene rings is 1. The minimum atomic E-state index is -0.0690. The molecule has 0 saturated carbocycles. The molecule has 0 aliphatic heterocycles. The summed E-state index contributed by atoms with van der Waals surface area (Å²) in [7, 11) is -0.0690. The van der Waals surface area contributed by atoms with Crippen LogP contribution in [0.3, 0.4) is 0 Å². The van der Waals surface area contributed by atoms with E-state index in [1.807, 2.05) is 12.1 Å². The fraction of sp³-hybridized carbons (Fsp3) is 0.412. The van der Waals surface area contributed by atoms with E-state index in [9.17, 15) is 0 Å². The fourth-order valence-electron chi connectivity index (χ4n) is 2.44. The number of hydrogen-bond donors (Lipinski definition) is 0. The van der Waals surface area contributed by atoms with Crippen molar-refractivity contribution < 1.29 is 0 Å². The monoisotopic (exact) mass is 307 g/mol. The molecule has 2 rings (SSSR count). The Morgan fingerprint density at radius 2 is 1.75 bits per heavy atom. The van der Waals surface area contributed by atoms with Crippen molar-refractivity contribution in [3.05, 3.63) is 57.1 Å². The second-order valence-electron chi connectivity index (χ2n) is 5.39. The highest BCUT2D eigenvalue weighted by Gasteiger charge is 2.11. The van der Waals surface area contributed by atoms with Crippen molar-refractivity contribution >= 4 is 19.1 Å². The molecule has 0 fully saturated rings. The van der Waals surface area contributed by atoms with Crippen molar-refractivity contribution in [2.24, 2.45) is 6.66 Å². The maximum atomic E-state index is 5.95. The number of aryl methyl sites for hydroxylation is 1. The smallest absolute Gasteiger partial charge is 0.0406 e. The summed E-state index contributed by atoms with van der Waals surface area (Å²) in [4.78, 5) is 2.50. The minimum Gasteiger partial charge on any atom is -0.295 e. The second kappa shape index (κ2) is 6.80. The Morgan fingerprint density at radius 3 is 2.25 bits per heavy atom. The molecule has 0 amide bonds. The van der Waals surface area contributed by atoms with E-state index >= 15 is 0 Å². The predicted octanol–water partition coefficient (Wildman–Crippen LogP) is 5.50. The first kappa shape index (κ1) is 15.6. The Bertz CT molecular complexity index is 571. The molecular weight excluding hydrogens is 285 g/mol. The molecule has 0 bridgehead atoms. The molecule has 2 aromatic rings. The molecule has 0 radical (unpaired) electrons. The van der Waals surface area contributed by atoms with Crippen LogP contribution in [0, 0.1) is 13.8 Å². The van der Waals surface area contributed by atoms with E-state index in [4.69, 9.17) is 11.6 Å². The number of rotatable bonds is 5. The summed E-state index contributed by atoms with van der Waals surface area (Å²) >= 11 is 5.95. The minimum absolute atomic E-state index is 0.0690. The molecule has 0 N–H and O–H groups in total. The van der Waals surface area contributed by atoms with Gasteiger partial charge in [0, 0.05) is 18.1 Å². The van der Waals surface area contributed by atoms with Gasteiger partial charge in [-0.2, -0.15) is 0 Å². The normalized spacial score (nSPS) is 12.2. The first-order chi connectivity index (χ1) is 9.51. The Labute approximate surface area is 128 Å². The van der Waals surface area contributed by atoms with Crippen LogP contribution in [0.25, 0.3) is 0 Å². The van der Waals surface area contributed by atoms with Crippen LogP contribution in [0.4, 0.5) is 0 Å². The predicted molar refractivity (Wildman–Crippen MR) is 90.8 cm³/mol. The Hall–Kier alpha value is -0.750. The van der Waals surface area contributed by atoms with Crippen LogP contribution < -0.4 is 0 Å². The van der Waals surface area contributed by atoms with Crippen LogP contribution in [0.15, 0.2) is 30.3 Å². The number of halogens is 1. The van der Waals surface area contributed by atoms with Gasteiger partial charge >= 0.3 is 0 Å². The van der Waals surface area contributed by atoms with Gasteiger partial charge in [-0.1, -0.05) is 36.7 Å². The van der Waals surface area contributed by atoms with E-state index in [-0.39, 0.29) is 7.53 Å². The third-order valence-corrected chi connectivity index (χ3v) is 6.78. The van der Waals surface area contributed by atoms with Crippen LogP contribution in [0.1, 0.15) is 28.6 Å². The molecule has 108 valence electrons. The molecule has 0 saturated heterocycles. The second-order valence-corrected chi connectivity index (χ2v) is 8.19. The van der Waals surface area contributed by atoms with Gasteiger partial charge in [-0.05, 0) is 60.9 Å². The highest BCUT2D eigenvalue weighted by atomic mass is 35.5. The van der Waals surface area contributed by atoms with Crippen molar-refractivity contribution in [2.75, 3.05) is 6.54 Å². The third-order valence-electron chi connectivity index (χ3n) is 4.04. The van der Waals surface area contributed by atoms with Crippen molar-refractivity contribution in [3.8, 4) is 0 Å². The van der Waals surface area contributed by atoms with Crippen molar-refractivity contribution in [1.82, 2.24) is 4.90 Å². The SMILES string of the molecule is CCN(Cc1ccc(Cl)cc1)Cc1cc(C)c(C)p1C. The summed E-state index contributed by atoms with van der Waals surface area (Å²) in [6.07, 6.45) is 0. The number of nitrogens with zero attached hydrogens (tertiary/aromatic N) is 1. The third kappa shape index (κ3) is 3.67. The zero-order chi connectivity index (χ0) is 14.7. The lowest BCUT2D eigenvalue weighted by atomic mass is 10.2. The molecule has 1 aromatic carbocycles. The average molecular weight is 308 g/mol. The van der Waals surface area contributed by atoms with E-state index in [2.05, 4.69) is 50.5 Å². The van der Waals surface area contributed by atoms with E-state index in [0.717, 1.165) is 24.7 Å². The van der Waals surface area contributed by atoms with Crippen LogP contribution in [0.2, 0.25) is 5.02 Å². The zero-order valence-corrected chi connectivity index (χ0v) is 14.4. The summed E-state index contributed by atoms with van der Waals surface area (Å²) in [5, 5.41) is 3.99. The lowest BCUT2D eigenvalue weighted by Gasteiger charge is -2.21. The largest absolute Gasteiger partial charge is 0.295 e. The van der Waals surface area contributed by atoms with E-state index < -0.39 is 0 Å². The molecule has 20 heavy (non-hydrogen) atoms. The molecule has 1 atom stereocenters. The van der Waals surface area contributed by atoms with Crippen LogP contribution in [0.5, 0.6) is 0 Å². The lowest BCUT2D eigenvalue weighted by Crippen LogP contribution is -2.21. The van der Waals surface area contributed by atoms with Gasteiger partial charge in [0.1, 0.15) is 0 Å². The molecule has 0 aliphatic carbocycles. The Balaban J connectivity index is 2.09. The Morgan fingerprint density at radius 1 is 1.10 bits per heavy atom. The summed E-state index contributed by atoms with van der Waals surface area (Å²) < 4.78 is 0. The van der Waals surface area contributed by atoms with Gasteiger partial charge in [0.05, 0.1) is 0 Å². The topological polar surface area (TPSA) is 3.24 Å². The fourth-order valence-corrected chi connectivity index (χ4v) is 4.39. The molecule has 1 nitrogen and oxygen atoms in total. The molecular formula is C17H23ClNP. The van der Waals surface area contributed by atoms with E-state index in [0.29, 0.717) is 0 Å². The average Bonchev–Trinajstić information content (AvgIpc) is 2.68. The van der Waals surface area contributed by atoms with Gasteiger partial charge in [-0.15, -0.1) is 7.53 Å². The van der Waals surface area contributed by atoms with Gasteiger partial charge in [-0.25, -0.2) is 0 Å². The van der Waals surface area contributed by atoms with E-state index in [1.54, 1.807) is 10.6 Å². The highest BCUT2D eigenvalue weighted by molar-refractivity contribution is 7.49. The number of hydrogen-bond acceptors (Lipinski definition) is 1. The van der Waals surface area contributed by atoms with Gasteiger partial charge in [0.2, 0.25) is 0 Å². The quantitative estimate of drug-likeness (QED) is 0.704. The standard InChI is InChI=1S/C17H23ClNP/c1-5-19(11-15-6-8-16(18)9-7-15)12-17-10-13(2)14(3)20(17)4/h6-10H,5,11-12H2,1-4H3.